The summed E-state index contributed by atoms with van der Waals surface area (Å²) in [5.41, 5.74) is 0.810. The number of aromatic nitrogens is 3. The van der Waals surface area contributed by atoms with Crippen molar-refractivity contribution in [1.29, 1.82) is 0 Å². The summed E-state index contributed by atoms with van der Waals surface area (Å²) >= 11 is 1.77. The third-order valence-corrected chi connectivity index (χ3v) is 4.00. The lowest BCUT2D eigenvalue weighted by Crippen LogP contribution is -2.30. The van der Waals surface area contributed by atoms with E-state index in [-0.39, 0.29) is 11.9 Å². The minimum atomic E-state index is -0.0841. The van der Waals surface area contributed by atoms with E-state index in [4.69, 9.17) is 0 Å². The van der Waals surface area contributed by atoms with E-state index in [1.165, 1.54) is 0 Å². The molecule has 0 bridgehead atoms. The fourth-order valence-corrected chi connectivity index (χ4v) is 2.67. The van der Waals surface area contributed by atoms with E-state index in [9.17, 15) is 4.79 Å². The number of unbranched alkanes of at least 4 members (excludes halogenated alkanes) is 1. The van der Waals surface area contributed by atoms with Gasteiger partial charge in [0.05, 0.1) is 6.04 Å². The van der Waals surface area contributed by atoms with Crippen molar-refractivity contribution in [3.05, 3.63) is 30.2 Å². The minimum absolute atomic E-state index is 0.0841. The number of thioether (sulfide) groups is 1. The lowest BCUT2D eigenvalue weighted by molar-refractivity contribution is -0.122. The van der Waals surface area contributed by atoms with Crippen LogP contribution in [0.5, 0.6) is 0 Å². The number of carbonyl (C=O) groups excluding carboxylic acids is 1. The number of pyridine rings is 1. The number of carbonyl (C=O) groups is 1. The molecule has 0 aromatic carbocycles. The summed E-state index contributed by atoms with van der Waals surface area (Å²) in [6, 6.07) is 5.72. The van der Waals surface area contributed by atoms with Gasteiger partial charge < -0.3 is 5.32 Å². The Morgan fingerprint density at radius 2 is 2.29 bits per heavy atom. The van der Waals surface area contributed by atoms with Crippen molar-refractivity contribution >= 4 is 23.3 Å². The molecule has 0 saturated carbocycles. The van der Waals surface area contributed by atoms with Crippen molar-refractivity contribution in [2.75, 3.05) is 12.0 Å². The molecule has 0 radical (unpaired) electrons. The van der Waals surface area contributed by atoms with Crippen LogP contribution in [0.1, 0.15) is 44.5 Å². The van der Waals surface area contributed by atoms with Gasteiger partial charge in [0, 0.05) is 12.6 Å². The smallest absolute Gasteiger partial charge is 0.220 e. The Morgan fingerprint density at radius 3 is 3.05 bits per heavy atom. The van der Waals surface area contributed by atoms with Crippen LogP contribution >= 0.6 is 11.8 Å². The first kappa shape index (κ1) is 15.8. The van der Waals surface area contributed by atoms with Crippen LogP contribution < -0.4 is 5.32 Å². The van der Waals surface area contributed by atoms with Crippen molar-refractivity contribution < 1.29 is 4.79 Å². The van der Waals surface area contributed by atoms with Gasteiger partial charge in [-0.25, -0.2) is 0 Å². The molecule has 21 heavy (non-hydrogen) atoms. The van der Waals surface area contributed by atoms with E-state index in [0.717, 1.165) is 36.5 Å². The topological polar surface area (TPSA) is 59.3 Å². The van der Waals surface area contributed by atoms with E-state index < -0.39 is 0 Å². The van der Waals surface area contributed by atoms with Crippen LogP contribution in [0.4, 0.5) is 0 Å². The van der Waals surface area contributed by atoms with Gasteiger partial charge in [-0.15, -0.1) is 10.2 Å². The molecule has 0 aliphatic carbocycles. The zero-order chi connectivity index (χ0) is 15.1. The standard InChI is InChI=1S/C15H22N4OS/c1-3-4-8-14(20)16-12(9-11-21-2)15-18-17-13-7-5-6-10-19(13)15/h5-7,10,12H,3-4,8-9,11H2,1-2H3,(H,16,20). The van der Waals surface area contributed by atoms with Crippen LogP contribution in [0, 0.1) is 0 Å². The van der Waals surface area contributed by atoms with Gasteiger partial charge in [-0.2, -0.15) is 11.8 Å². The molecule has 6 heteroatoms. The van der Waals surface area contributed by atoms with Crippen LogP contribution in [-0.2, 0) is 4.79 Å². The van der Waals surface area contributed by atoms with Gasteiger partial charge in [-0.05, 0) is 37.0 Å². The van der Waals surface area contributed by atoms with Gasteiger partial charge in [-0.1, -0.05) is 19.4 Å². The fraction of sp³-hybridized carbons (Fsp3) is 0.533. The average Bonchev–Trinajstić information content (AvgIpc) is 2.93. The van der Waals surface area contributed by atoms with E-state index in [0.29, 0.717) is 6.42 Å². The summed E-state index contributed by atoms with van der Waals surface area (Å²) in [6.45, 7) is 2.09. The van der Waals surface area contributed by atoms with Gasteiger partial charge >= 0.3 is 0 Å². The highest BCUT2D eigenvalue weighted by Crippen LogP contribution is 2.18. The zero-order valence-corrected chi connectivity index (χ0v) is 13.4. The van der Waals surface area contributed by atoms with Gasteiger partial charge in [0.25, 0.3) is 0 Å². The average molecular weight is 306 g/mol. The van der Waals surface area contributed by atoms with Gasteiger partial charge in [0.15, 0.2) is 11.5 Å². The van der Waals surface area contributed by atoms with Crippen LogP contribution in [-0.4, -0.2) is 32.5 Å². The van der Waals surface area contributed by atoms with Crippen molar-refractivity contribution in [3.63, 3.8) is 0 Å². The molecule has 1 unspecified atom stereocenters. The largest absolute Gasteiger partial charge is 0.346 e. The molecule has 0 spiro atoms. The second-order valence-electron chi connectivity index (χ2n) is 4.99. The highest BCUT2D eigenvalue weighted by atomic mass is 32.2. The van der Waals surface area contributed by atoms with Gasteiger partial charge in [0.1, 0.15) is 0 Å². The summed E-state index contributed by atoms with van der Waals surface area (Å²) in [7, 11) is 0. The zero-order valence-electron chi connectivity index (χ0n) is 12.6. The molecule has 2 heterocycles. The number of nitrogens with one attached hydrogen (secondary N) is 1. The second kappa shape index (κ2) is 8.02. The number of hydrogen-bond donors (Lipinski definition) is 1. The molecule has 1 N–H and O–H groups in total. The van der Waals surface area contributed by atoms with E-state index in [1.54, 1.807) is 11.8 Å². The monoisotopic (exact) mass is 306 g/mol. The molecule has 2 aromatic heterocycles. The number of amides is 1. The highest BCUT2D eigenvalue weighted by Gasteiger charge is 2.19. The molecule has 5 nitrogen and oxygen atoms in total. The third-order valence-electron chi connectivity index (χ3n) is 3.36. The molecule has 114 valence electrons. The Bertz CT molecular complexity index is 584. The normalized spacial score (nSPS) is 12.5. The molecule has 0 saturated heterocycles. The summed E-state index contributed by atoms with van der Waals surface area (Å²) < 4.78 is 1.95. The first-order valence-corrected chi connectivity index (χ1v) is 8.73. The van der Waals surface area contributed by atoms with Crippen LogP contribution in [0.2, 0.25) is 0 Å². The lowest BCUT2D eigenvalue weighted by Gasteiger charge is -2.17. The molecule has 2 aromatic rings. The lowest BCUT2D eigenvalue weighted by atomic mass is 10.2. The van der Waals surface area contributed by atoms with Crippen molar-refractivity contribution in [1.82, 2.24) is 19.9 Å². The molecule has 1 amide bonds. The predicted octanol–water partition coefficient (Wildman–Crippen LogP) is 2.83. The summed E-state index contributed by atoms with van der Waals surface area (Å²) in [5, 5.41) is 11.5. The van der Waals surface area contributed by atoms with E-state index in [1.807, 2.05) is 28.8 Å². The van der Waals surface area contributed by atoms with E-state index >= 15 is 0 Å². The van der Waals surface area contributed by atoms with Crippen LogP contribution in [0.3, 0.4) is 0 Å². The Labute approximate surface area is 129 Å². The van der Waals surface area contributed by atoms with Crippen molar-refractivity contribution in [2.24, 2.45) is 0 Å². The number of hydrogen-bond acceptors (Lipinski definition) is 4. The SMILES string of the molecule is CCCCC(=O)NC(CCSC)c1nnc2ccccn12. The predicted molar refractivity (Wildman–Crippen MR) is 86.4 cm³/mol. The van der Waals surface area contributed by atoms with Gasteiger partial charge in [0.2, 0.25) is 5.91 Å². The summed E-state index contributed by atoms with van der Waals surface area (Å²) in [6.07, 6.45) is 7.38. The number of nitrogens with zero attached hydrogens (tertiary/aromatic N) is 3. The Balaban J connectivity index is 2.16. The summed E-state index contributed by atoms with van der Waals surface area (Å²) in [5.74, 6) is 1.88. The maximum Gasteiger partial charge on any atom is 0.220 e. The highest BCUT2D eigenvalue weighted by molar-refractivity contribution is 7.98. The molecular weight excluding hydrogens is 284 g/mol. The van der Waals surface area contributed by atoms with E-state index in [2.05, 4.69) is 28.7 Å². The van der Waals surface area contributed by atoms with Crippen molar-refractivity contribution in [3.8, 4) is 0 Å². The number of fused-ring (bicyclic) bond motifs is 1. The second-order valence-corrected chi connectivity index (χ2v) is 5.98. The van der Waals surface area contributed by atoms with Gasteiger partial charge in [-0.3, -0.25) is 9.20 Å². The third kappa shape index (κ3) is 4.20. The van der Waals surface area contributed by atoms with Crippen LogP contribution in [0.25, 0.3) is 5.65 Å². The first-order chi connectivity index (χ1) is 10.3. The summed E-state index contributed by atoms with van der Waals surface area (Å²) in [4.78, 5) is 12.0. The Kier molecular flexibility index (Phi) is 6.04. The molecule has 0 aliphatic rings. The Hall–Kier alpha value is -1.56. The molecular formula is C15H22N4OS. The maximum absolute atomic E-state index is 12.0. The molecule has 2 rings (SSSR count). The maximum atomic E-state index is 12.0. The van der Waals surface area contributed by atoms with Crippen molar-refractivity contribution in [2.45, 2.75) is 38.6 Å². The fourth-order valence-electron chi connectivity index (χ4n) is 2.20. The molecule has 0 aliphatic heterocycles. The van der Waals surface area contributed by atoms with Crippen LogP contribution in [0.15, 0.2) is 24.4 Å². The quantitative estimate of drug-likeness (QED) is 0.814. The number of rotatable bonds is 8. The molecule has 0 fully saturated rings. The Morgan fingerprint density at radius 1 is 1.43 bits per heavy atom. The minimum Gasteiger partial charge on any atom is -0.346 e. The molecule has 1 atom stereocenters. The first-order valence-electron chi connectivity index (χ1n) is 7.34.